The van der Waals surface area contributed by atoms with E-state index in [9.17, 15) is 9.59 Å². The minimum atomic E-state index is -0.983. The summed E-state index contributed by atoms with van der Waals surface area (Å²) in [5, 5.41) is 11.2. The van der Waals surface area contributed by atoms with E-state index in [4.69, 9.17) is 20.3 Å². The fraction of sp³-hybridized carbons (Fsp3) is 0.533. The Morgan fingerprint density at radius 3 is 2.61 bits per heavy atom. The molecule has 2 aliphatic rings. The molecule has 2 amide bonds. The van der Waals surface area contributed by atoms with Crippen LogP contribution >= 0.6 is 0 Å². The Morgan fingerprint density at radius 1 is 1.35 bits per heavy atom. The highest BCUT2D eigenvalue weighted by Crippen LogP contribution is 2.56. The van der Waals surface area contributed by atoms with Crippen molar-refractivity contribution >= 4 is 12.0 Å². The van der Waals surface area contributed by atoms with Crippen molar-refractivity contribution in [1.29, 1.82) is 0 Å². The topological polar surface area (TPSA) is 124 Å². The Balaban J connectivity index is 1.58. The van der Waals surface area contributed by atoms with Crippen molar-refractivity contribution < 1.29 is 24.2 Å². The quantitative estimate of drug-likeness (QED) is 0.747. The molecule has 0 aliphatic heterocycles. The summed E-state index contributed by atoms with van der Waals surface area (Å²) in [6.07, 6.45) is 2.27. The first-order valence-electron chi connectivity index (χ1n) is 7.42. The van der Waals surface area contributed by atoms with Crippen molar-refractivity contribution in [3.05, 3.63) is 17.7 Å². The van der Waals surface area contributed by atoms with Crippen LogP contribution in [-0.2, 0) is 0 Å². The van der Waals surface area contributed by atoms with E-state index in [1.165, 1.54) is 13.2 Å². The number of primary amides is 1. The van der Waals surface area contributed by atoms with Gasteiger partial charge >= 0.3 is 6.09 Å². The minimum Gasteiger partial charge on any atom is -0.481 e. The molecule has 8 heteroatoms. The van der Waals surface area contributed by atoms with Gasteiger partial charge in [0.05, 0.1) is 7.11 Å². The molecular formula is C15H19N3O5. The third-order valence-electron chi connectivity index (χ3n) is 4.60. The Bertz CT molecular complexity index is 634. The third kappa shape index (κ3) is 3.01. The number of nitrogens with zero attached hydrogens (tertiary/aromatic N) is 1. The second-order valence-corrected chi connectivity index (χ2v) is 6.27. The van der Waals surface area contributed by atoms with Gasteiger partial charge < -0.3 is 25.6 Å². The Morgan fingerprint density at radius 2 is 2.04 bits per heavy atom. The number of pyridine rings is 1. The Hall–Kier alpha value is -2.51. The van der Waals surface area contributed by atoms with Crippen LogP contribution in [0, 0.1) is 5.41 Å². The summed E-state index contributed by atoms with van der Waals surface area (Å²) in [4.78, 5) is 26.2. The highest BCUT2D eigenvalue weighted by Gasteiger charge is 2.54. The molecule has 4 N–H and O–H groups in total. The maximum Gasteiger partial charge on any atom is 0.404 e. The monoisotopic (exact) mass is 321 g/mol. The van der Waals surface area contributed by atoms with E-state index in [1.54, 1.807) is 6.07 Å². The molecule has 1 aromatic heterocycles. The number of hydrogen-bond donors (Lipinski definition) is 3. The number of nitrogens with two attached hydrogens (primary N) is 1. The summed E-state index contributed by atoms with van der Waals surface area (Å²) in [5.41, 5.74) is 5.72. The molecule has 2 fully saturated rings. The molecule has 0 atom stereocenters. The van der Waals surface area contributed by atoms with Gasteiger partial charge in [-0.25, -0.2) is 4.79 Å². The largest absolute Gasteiger partial charge is 0.481 e. The molecule has 1 aromatic rings. The van der Waals surface area contributed by atoms with Crippen LogP contribution in [0.15, 0.2) is 12.1 Å². The summed E-state index contributed by atoms with van der Waals surface area (Å²) in [7, 11) is 1.48. The number of methoxy groups -OCH3 is 1. The number of rotatable bonds is 5. The average molecular weight is 321 g/mol. The van der Waals surface area contributed by atoms with E-state index in [0.717, 1.165) is 25.7 Å². The molecule has 1 heterocycles. The van der Waals surface area contributed by atoms with Crippen LogP contribution in [0.3, 0.4) is 0 Å². The van der Waals surface area contributed by atoms with Crippen LogP contribution in [0.2, 0.25) is 0 Å². The molecule has 124 valence electrons. The van der Waals surface area contributed by atoms with Crippen molar-refractivity contribution in [3.8, 4) is 11.8 Å². The number of aromatic nitrogens is 1. The number of hydrogen-bond acceptors (Lipinski definition) is 5. The Kier molecular flexibility index (Phi) is 3.75. The molecule has 0 bridgehead atoms. The van der Waals surface area contributed by atoms with E-state index in [2.05, 4.69) is 10.3 Å². The molecule has 23 heavy (non-hydrogen) atoms. The normalized spacial score (nSPS) is 28.4. The van der Waals surface area contributed by atoms with Crippen LogP contribution in [0.1, 0.15) is 36.0 Å². The van der Waals surface area contributed by atoms with Gasteiger partial charge in [0.2, 0.25) is 11.8 Å². The maximum absolute atomic E-state index is 11.4. The minimum absolute atomic E-state index is 0.0320. The predicted molar refractivity (Wildman–Crippen MR) is 79.6 cm³/mol. The number of amides is 2. The van der Waals surface area contributed by atoms with Crippen LogP contribution in [-0.4, -0.2) is 41.3 Å². The average Bonchev–Trinajstić information content (AvgIpc) is 2.41. The lowest BCUT2D eigenvalue weighted by atomic mass is 9.53. The first-order chi connectivity index (χ1) is 10.9. The summed E-state index contributed by atoms with van der Waals surface area (Å²) in [6, 6.07) is 3.13. The smallest absolute Gasteiger partial charge is 0.404 e. The van der Waals surface area contributed by atoms with E-state index in [1.807, 2.05) is 0 Å². The standard InChI is InChI=1S/C15H19N3O5/c1-22-11-3-2-10(12(16)19)13(18-11)23-9-6-15(7-9)4-8(5-15)17-14(20)21/h2-3,8-9,17H,4-7H2,1H3,(H2,16,19)(H,20,21). The molecular weight excluding hydrogens is 302 g/mol. The summed E-state index contributed by atoms with van der Waals surface area (Å²) < 4.78 is 10.8. The SMILES string of the molecule is COc1ccc(C(N)=O)c(OC2CC3(CC(NC(=O)O)C3)C2)n1. The van der Waals surface area contributed by atoms with Crippen LogP contribution < -0.4 is 20.5 Å². The van der Waals surface area contributed by atoms with Gasteiger partial charge in [-0.2, -0.15) is 4.98 Å². The zero-order chi connectivity index (χ0) is 16.6. The second-order valence-electron chi connectivity index (χ2n) is 6.27. The zero-order valence-electron chi connectivity index (χ0n) is 12.7. The van der Waals surface area contributed by atoms with Gasteiger partial charge in [0.1, 0.15) is 11.7 Å². The van der Waals surface area contributed by atoms with Gasteiger partial charge in [-0.3, -0.25) is 4.79 Å². The van der Waals surface area contributed by atoms with Gasteiger partial charge in [0, 0.05) is 12.1 Å². The van der Waals surface area contributed by atoms with Crippen LogP contribution in [0.4, 0.5) is 4.79 Å². The molecule has 3 rings (SSSR count). The van der Waals surface area contributed by atoms with Crippen molar-refractivity contribution in [2.75, 3.05) is 7.11 Å². The fourth-order valence-corrected chi connectivity index (χ4v) is 3.56. The van der Waals surface area contributed by atoms with Gasteiger partial charge in [-0.05, 0) is 37.2 Å². The molecule has 0 radical (unpaired) electrons. The van der Waals surface area contributed by atoms with E-state index in [0.29, 0.717) is 5.88 Å². The van der Waals surface area contributed by atoms with Gasteiger partial charge in [0.25, 0.3) is 5.91 Å². The number of ether oxygens (including phenoxy) is 2. The van der Waals surface area contributed by atoms with Crippen molar-refractivity contribution in [1.82, 2.24) is 10.3 Å². The lowest BCUT2D eigenvalue weighted by molar-refractivity contribution is -0.0852. The third-order valence-corrected chi connectivity index (χ3v) is 4.60. The van der Waals surface area contributed by atoms with E-state index in [-0.39, 0.29) is 29.0 Å². The number of carboxylic acid groups (broad SMARTS) is 1. The summed E-state index contributed by atoms with van der Waals surface area (Å²) in [6.45, 7) is 0. The Labute approximate surface area is 133 Å². The summed E-state index contributed by atoms with van der Waals surface area (Å²) in [5.74, 6) is -0.0526. The molecule has 2 aliphatic carbocycles. The predicted octanol–water partition coefficient (Wildman–Crippen LogP) is 1.15. The van der Waals surface area contributed by atoms with Gasteiger partial charge in [0.15, 0.2) is 0 Å². The van der Waals surface area contributed by atoms with Gasteiger partial charge in [-0.1, -0.05) is 0 Å². The zero-order valence-corrected chi connectivity index (χ0v) is 12.7. The highest BCUT2D eigenvalue weighted by atomic mass is 16.5. The molecule has 1 spiro atoms. The summed E-state index contributed by atoms with van der Waals surface area (Å²) >= 11 is 0. The molecule has 0 aromatic carbocycles. The molecule has 2 saturated carbocycles. The molecule has 0 unspecified atom stereocenters. The van der Waals surface area contributed by atoms with E-state index < -0.39 is 12.0 Å². The second kappa shape index (κ2) is 5.60. The first-order valence-corrected chi connectivity index (χ1v) is 7.42. The molecule has 8 nitrogen and oxygen atoms in total. The number of carbonyl (C=O) groups is 2. The van der Waals surface area contributed by atoms with Crippen molar-refractivity contribution in [2.24, 2.45) is 11.1 Å². The highest BCUT2D eigenvalue weighted by molar-refractivity contribution is 5.95. The number of nitrogens with one attached hydrogen (secondary N) is 1. The lowest BCUT2D eigenvalue weighted by Crippen LogP contribution is -2.58. The van der Waals surface area contributed by atoms with Crippen LogP contribution in [0.25, 0.3) is 0 Å². The van der Waals surface area contributed by atoms with E-state index >= 15 is 0 Å². The van der Waals surface area contributed by atoms with Crippen LogP contribution in [0.5, 0.6) is 11.8 Å². The first kappa shape index (κ1) is 15.4. The van der Waals surface area contributed by atoms with Gasteiger partial charge in [-0.15, -0.1) is 0 Å². The fourth-order valence-electron chi connectivity index (χ4n) is 3.56. The van der Waals surface area contributed by atoms with Crippen molar-refractivity contribution in [3.63, 3.8) is 0 Å². The lowest BCUT2D eigenvalue weighted by Gasteiger charge is -2.56. The van der Waals surface area contributed by atoms with Crippen molar-refractivity contribution in [2.45, 2.75) is 37.8 Å². The maximum atomic E-state index is 11.4. The number of carbonyl (C=O) groups excluding carboxylic acids is 1. The molecule has 0 saturated heterocycles.